The summed E-state index contributed by atoms with van der Waals surface area (Å²) in [6, 6.07) is -0.658. The van der Waals surface area contributed by atoms with E-state index in [1.54, 1.807) is 6.20 Å². The van der Waals surface area contributed by atoms with Crippen molar-refractivity contribution in [1.29, 1.82) is 0 Å². The van der Waals surface area contributed by atoms with Crippen LogP contribution in [0.2, 0.25) is 0 Å². The lowest BCUT2D eigenvalue weighted by Crippen LogP contribution is -2.46. The van der Waals surface area contributed by atoms with E-state index in [0.717, 1.165) is 0 Å². The van der Waals surface area contributed by atoms with Crippen LogP contribution in [0.25, 0.3) is 0 Å². The van der Waals surface area contributed by atoms with Crippen molar-refractivity contribution in [3.63, 3.8) is 0 Å². The number of aromatic nitrogens is 2. The van der Waals surface area contributed by atoms with Gasteiger partial charge in [-0.1, -0.05) is 0 Å². The van der Waals surface area contributed by atoms with Crippen LogP contribution in [0.5, 0.6) is 0 Å². The molecule has 0 aliphatic carbocycles. The van der Waals surface area contributed by atoms with E-state index in [1.165, 1.54) is 4.57 Å². The third-order valence-electron chi connectivity index (χ3n) is 2.61. The molecular weight excluding hydrogens is 315 g/mol. The van der Waals surface area contributed by atoms with E-state index in [-0.39, 0.29) is 12.4 Å². The van der Waals surface area contributed by atoms with Crippen molar-refractivity contribution in [2.45, 2.75) is 24.4 Å². The van der Waals surface area contributed by atoms with Gasteiger partial charge in [0.05, 0.1) is 12.6 Å². The zero-order chi connectivity index (χ0) is 11.2. The SMILES string of the molecule is OC[C@@H]1[C@@H](O)[C@H](O)[C@H](O)c2nc(I)cn21. The summed E-state index contributed by atoms with van der Waals surface area (Å²) in [5.41, 5.74) is 0. The molecule has 1 aromatic rings. The molecule has 0 aromatic carbocycles. The van der Waals surface area contributed by atoms with Crippen LogP contribution >= 0.6 is 22.6 Å². The van der Waals surface area contributed by atoms with E-state index in [4.69, 9.17) is 5.11 Å². The molecular formula is C8H11IN2O4. The summed E-state index contributed by atoms with van der Waals surface area (Å²) in [7, 11) is 0. The quantitative estimate of drug-likeness (QED) is 0.486. The van der Waals surface area contributed by atoms with E-state index >= 15 is 0 Å². The summed E-state index contributed by atoms with van der Waals surface area (Å²) >= 11 is 1.96. The number of hydrogen-bond donors (Lipinski definition) is 4. The fourth-order valence-corrected chi connectivity index (χ4v) is 2.34. The molecule has 84 valence electrons. The second kappa shape index (κ2) is 3.98. The molecule has 0 bridgehead atoms. The molecule has 0 saturated heterocycles. The number of halogens is 1. The minimum atomic E-state index is -1.31. The number of aliphatic hydroxyl groups is 4. The molecule has 15 heavy (non-hydrogen) atoms. The van der Waals surface area contributed by atoms with Gasteiger partial charge in [0.2, 0.25) is 0 Å². The van der Waals surface area contributed by atoms with Crippen LogP contribution in [0.4, 0.5) is 0 Å². The molecule has 1 aliphatic heterocycles. The molecule has 4 N–H and O–H groups in total. The van der Waals surface area contributed by atoms with Gasteiger partial charge >= 0.3 is 0 Å². The van der Waals surface area contributed by atoms with Crippen molar-refractivity contribution in [3.05, 3.63) is 15.7 Å². The highest BCUT2D eigenvalue weighted by molar-refractivity contribution is 14.1. The van der Waals surface area contributed by atoms with Crippen molar-refractivity contribution in [1.82, 2.24) is 9.55 Å². The lowest BCUT2D eigenvalue weighted by atomic mass is 9.96. The normalized spacial score (nSPS) is 35.3. The van der Waals surface area contributed by atoms with Gasteiger partial charge in [0.1, 0.15) is 27.8 Å². The smallest absolute Gasteiger partial charge is 0.142 e. The second-order valence-corrected chi connectivity index (χ2v) is 4.61. The Hall–Kier alpha value is -0.220. The summed E-state index contributed by atoms with van der Waals surface area (Å²) in [6.45, 7) is -0.315. The van der Waals surface area contributed by atoms with E-state index in [1.807, 2.05) is 22.6 Å². The number of hydrogen-bond acceptors (Lipinski definition) is 5. The minimum Gasteiger partial charge on any atom is -0.394 e. The maximum absolute atomic E-state index is 9.65. The molecule has 0 fully saturated rings. The predicted octanol–water partition coefficient (Wildman–Crippen LogP) is -1.21. The van der Waals surface area contributed by atoms with Crippen LogP contribution in [0.1, 0.15) is 18.0 Å². The Kier molecular flexibility index (Phi) is 2.99. The lowest BCUT2D eigenvalue weighted by Gasteiger charge is -2.35. The molecule has 4 atom stereocenters. The molecule has 0 spiro atoms. The fourth-order valence-electron chi connectivity index (χ4n) is 1.79. The first-order valence-corrected chi connectivity index (χ1v) is 5.53. The van der Waals surface area contributed by atoms with Crippen LogP contribution < -0.4 is 0 Å². The maximum atomic E-state index is 9.65. The van der Waals surface area contributed by atoms with E-state index in [2.05, 4.69) is 4.98 Å². The van der Waals surface area contributed by atoms with Gasteiger partial charge in [-0.15, -0.1) is 0 Å². The highest BCUT2D eigenvalue weighted by Gasteiger charge is 2.41. The van der Waals surface area contributed by atoms with Gasteiger partial charge in [-0.05, 0) is 22.6 Å². The predicted molar refractivity (Wildman–Crippen MR) is 58.0 cm³/mol. The monoisotopic (exact) mass is 326 g/mol. The van der Waals surface area contributed by atoms with Crippen molar-refractivity contribution in [2.75, 3.05) is 6.61 Å². The Morgan fingerprint density at radius 2 is 2.00 bits per heavy atom. The zero-order valence-electron chi connectivity index (χ0n) is 7.66. The molecule has 0 amide bonds. The first kappa shape index (κ1) is 11.3. The number of rotatable bonds is 1. The van der Waals surface area contributed by atoms with Gasteiger partial charge in [0.15, 0.2) is 0 Å². The van der Waals surface area contributed by atoms with E-state index in [0.29, 0.717) is 3.70 Å². The van der Waals surface area contributed by atoms with Gasteiger partial charge in [-0.25, -0.2) is 4.98 Å². The molecule has 6 nitrogen and oxygen atoms in total. The molecule has 0 radical (unpaired) electrons. The fraction of sp³-hybridized carbons (Fsp3) is 0.625. The van der Waals surface area contributed by atoms with Crippen LogP contribution in [-0.4, -0.2) is 48.8 Å². The zero-order valence-corrected chi connectivity index (χ0v) is 9.81. The molecule has 0 unspecified atom stereocenters. The largest absolute Gasteiger partial charge is 0.394 e. The highest BCUT2D eigenvalue weighted by Crippen LogP contribution is 2.32. The summed E-state index contributed by atoms with van der Waals surface area (Å²) < 4.78 is 2.14. The average Bonchev–Trinajstić information content (AvgIpc) is 2.58. The molecule has 2 rings (SSSR count). The van der Waals surface area contributed by atoms with Gasteiger partial charge in [-0.2, -0.15) is 0 Å². The summed E-state index contributed by atoms with van der Waals surface area (Å²) in [5.74, 6) is 0.274. The summed E-state index contributed by atoms with van der Waals surface area (Å²) in [5, 5.41) is 37.9. The molecule has 0 saturated carbocycles. The molecule has 7 heteroatoms. The van der Waals surface area contributed by atoms with Crippen molar-refractivity contribution < 1.29 is 20.4 Å². The Bertz CT molecular complexity index is 370. The standard InChI is InChI=1S/C8H11IN2O4/c9-4-1-11-3(2-12)5(13)6(14)7(15)8(11)10-4/h1,3,5-7,12-15H,2H2/t3-,5-,6+,7+/m1/s1. The number of nitrogens with zero attached hydrogens (tertiary/aromatic N) is 2. The summed E-state index contributed by atoms with van der Waals surface area (Å²) in [6.07, 6.45) is -2.10. The van der Waals surface area contributed by atoms with E-state index < -0.39 is 24.4 Å². The van der Waals surface area contributed by atoms with Crippen LogP contribution in [-0.2, 0) is 0 Å². The van der Waals surface area contributed by atoms with Crippen molar-refractivity contribution in [2.24, 2.45) is 0 Å². The number of imidazole rings is 1. The second-order valence-electron chi connectivity index (χ2n) is 3.51. The van der Waals surface area contributed by atoms with Crippen LogP contribution in [0.3, 0.4) is 0 Å². The third kappa shape index (κ3) is 1.68. The highest BCUT2D eigenvalue weighted by atomic mass is 127. The number of aliphatic hydroxyl groups excluding tert-OH is 4. The Balaban J connectivity index is 2.49. The molecule has 2 heterocycles. The minimum absolute atomic E-state index is 0.274. The third-order valence-corrected chi connectivity index (χ3v) is 3.13. The number of fused-ring (bicyclic) bond motifs is 1. The molecule has 1 aromatic heterocycles. The Labute approximate surface area is 99.3 Å². The summed E-state index contributed by atoms with van der Waals surface area (Å²) in [4.78, 5) is 4.03. The van der Waals surface area contributed by atoms with Gasteiger partial charge in [0.25, 0.3) is 0 Å². The topological polar surface area (TPSA) is 98.7 Å². The van der Waals surface area contributed by atoms with Crippen molar-refractivity contribution >= 4 is 22.6 Å². The van der Waals surface area contributed by atoms with Gasteiger partial charge in [-0.3, -0.25) is 0 Å². The lowest BCUT2D eigenvalue weighted by molar-refractivity contribution is -0.108. The Morgan fingerprint density at radius 1 is 1.33 bits per heavy atom. The van der Waals surface area contributed by atoms with Crippen molar-refractivity contribution in [3.8, 4) is 0 Å². The van der Waals surface area contributed by atoms with Crippen LogP contribution in [0, 0.1) is 3.70 Å². The van der Waals surface area contributed by atoms with Gasteiger partial charge < -0.3 is 25.0 Å². The van der Waals surface area contributed by atoms with Gasteiger partial charge in [0, 0.05) is 6.20 Å². The Morgan fingerprint density at radius 3 is 2.60 bits per heavy atom. The maximum Gasteiger partial charge on any atom is 0.142 e. The van der Waals surface area contributed by atoms with Crippen LogP contribution in [0.15, 0.2) is 6.20 Å². The van der Waals surface area contributed by atoms with E-state index in [9.17, 15) is 15.3 Å². The first-order valence-electron chi connectivity index (χ1n) is 4.45. The molecule has 1 aliphatic rings. The average molecular weight is 326 g/mol. The first-order chi connectivity index (χ1) is 7.06.